The summed E-state index contributed by atoms with van der Waals surface area (Å²) in [5.41, 5.74) is 1.40. The third-order valence-corrected chi connectivity index (χ3v) is 16.9. The van der Waals surface area contributed by atoms with Gasteiger partial charge in [-0.3, -0.25) is 0 Å². The Morgan fingerprint density at radius 2 is 1.40 bits per heavy atom. The van der Waals surface area contributed by atoms with Gasteiger partial charge >= 0.3 is 0 Å². The number of fused-ring (bicyclic) bond motifs is 3. The molecule has 0 amide bonds. The molecule has 5 aliphatic carbocycles. The molecule has 14 unspecified atom stereocenters. The van der Waals surface area contributed by atoms with Crippen LogP contribution in [0, 0.1) is 99.1 Å². The summed E-state index contributed by atoms with van der Waals surface area (Å²) in [4.78, 5) is 0. The standard InChI is InChI=1S/C41H74O/c1-24(2)34-20-32(17-14-31-15-18-33(42-13)19-16-31)27(6)37-28(7)38-30(9)41(12)29(8)36(25(3)4)26(5)21-40(41,11)23-39(38,10)22-35(34)37/h24-38H,14-23H2,1-13H3. The van der Waals surface area contributed by atoms with Crippen molar-refractivity contribution in [3.8, 4) is 0 Å². The third-order valence-electron chi connectivity index (χ3n) is 16.9. The fourth-order valence-corrected chi connectivity index (χ4v) is 15.2. The van der Waals surface area contributed by atoms with Crippen molar-refractivity contribution < 1.29 is 4.74 Å². The highest BCUT2D eigenvalue weighted by molar-refractivity contribution is 5.17. The summed E-state index contributed by atoms with van der Waals surface area (Å²) in [6, 6.07) is 0. The molecule has 0 aromatic heterocycles. The molecule has 5 aliphatic rings. The van der Waals surface area contributed by atoms with E-state index in [2.05, 4.69) is 83.1 Å². The predicted molar refractivity (Wildman–Crippen MR) is 181 cm³/mol. The molecule has 0 radical (unpaired) electrons. The van der Waals surface area contributed by atoms with Crippen LogP contribution in [0.5, 0.6) is 0 Å². The van der Waals surface area contributed by atoms with Gasteiger partial charge < -0.3 is 4.74 Å². The van der Waals surface area contributed by atoms with E-state index in [9.17, 15) is 0 Å². The summed E-state index contributed by atoms with van der Waals surface area (Å²) in [7, 11) is 1.92. The molecular weight excluding hydrogens is 508 g/mol. The van der Waals surface area contributed by atoms with Crippen LogP contribution in [0.25, 0.3) is 0 Å². The minimum Gasteiger partial charge on any atom is -0.381 e. The molecule has 0 spiro atoms. The van der Waals surface area contributed by atoms with E-state index in [1.807, 2.05) is 7.11 Å². The van der Waals surface area contributed by atoms with Gasteiger partial charge in [-0.1, -0.05) is 89.5 Å². The zero-order valence-electron chi connectivity index (χ0n) is 30.6. The summed E-state index contributed by atoms with van der Waals surface area (Å²) in [6.45, 7) is 32.2. The molecule has 5 saturated carbocycles. The lowest BCUT2D eigenvalue weighted by atomic mass is 9.31. The van der Waals surface area contributed by atoms with Crippen LogP contribution in [-0.4, -0.2) is 13.2 Å². The second-order valence-electron chi connectivity index (χ2n) is 19.3. The van der Waals surface area contributed by atoms with Gasteiger partial charge in [0.1, 0.15) is 0 Å². The highest BCUT2D eigenvalue weighted by atomic mass is 16.5. The molecular formula is C41H74O. The lowest BCUT2D eigenvalue weighted by molar-refractivity contribution is -0.251. The summed E-state index contributed by atoms with van der Waals surface area (Å²) in [5.74, 6) is 12.2. The Hall–Kier alpha value is -0.0400. The highest BCUT2D eigenvalue weighted by Crippen LogP contribution is 2.75. The van der Waals surface area contributed by atoms with Crippen LogP contribution in [0.2, 0.25) is 0 Å². The lowest BCUT2D eigenvalue weighted by Gasteiger charge is -2.73. The molecule has 1 heteroatoms. The van der Waals surface area contributed by atoms with Crippen molar-refractivity contribution in [3.63, 3.8) is 0 Å². The summed E-state index contributed by atoms with van der Waals surface area (Å²) in [5, 5.41) is 0. The molecule has 5 rings (SSSR count). The van der Waals surface area contributed by atoms with Gasteiger partial charge in [-0.2, -0.15) is 0 Å². The first-order valence-electron chi connectivity index (χ1n) is 19.1. The Labute approximate surface area is 263 Å². The van der Waals surface area contributed by atoms with Crippen molar-refractivity contribution >= 4 is 0 Å². The van der Waals surface area contributed by atoms with Gasteiger partial charge in [0, 0.05) is 7.11 Å². The van der Waals surface area contributed by atoms with Crippen molar-refractivity contribution in [3.05, 3.63) is 0 Å². The molecule has 0 saturated heterocycles. The summed E-state index contributed by atoms with van der Waals surface area (Å²) in [6.07, 6.45) is 14.8. The van der Waals surface area contributed by atoms with Crippen molar-refractivity contribution in [1.29, 1.82) is 0 Å². The van der Waals surface area contributed by atoms with Crippen molar-refractivity contribution in [2.24, 2.45) is 99.1 Å². The SMILES string of the molecule is COC1CCC(CCC2CC(C(C)C)C3CC4(C)CC5(C)CC(C)C(C(C)C)C(C)C5(C)C(C)C4C(C)C3C2C)CC1. The van der Waals surface area contributed by atoms with Gasteiger partial charge in [0.05, 0.1) is 6.10 Å². The molecule has 0 N–H and O–H groups in total. The van der Waals surface area contributed by atoms with Crippen molar-refractivity contribution in [1.82, 2.24) is 0 Å². The lowest BCUT2D eigenvalue weighted by Crippen LogP contribution is -2.67. The van der Waals surface area contributed by atoms with Gasteiger partial charge in [-0.25, -0.2) is 0 Å². The van der Waals surface area contributed by atoms with E-state index in [0.29, 0.717) is 22.3 Å². The number of methoxy groups -OCH3 is 1. The monoisotopic (exact) mass is 583 g/mol. The van der Waals surface area contributed by atoms with Crippen LogP contribution in [0.3, 0.4) is 0 Å². The number of ether oxygens (including phenoxy) is 1. The van der Waals surface area contributed by atoms with Crippen LogP contribution >= 0.6 is 0 Å². The fraction of sp³-hybridized carbons (Fsp3) is 1.00. The molecule has 1 nitrogen and oxygen atoms in total. The highest BCUT2D eigenvalue weighted by Gasteiger charge is 2.69. The van der Waals surface area contributed by atoms with Gasteiger partial charge in [-0.05, 0) is 157 Å². The first kappa shape index (κ1) is 33.3. The van der Waals surface area contributed by atoms with Gasteiger partial charge in [0.25, 0.3) is 0 Å². The van der Waals surface area contributed by atoms with Crippen LogP contribution in [0.1, 0.15) is 147 Å². The van der Waals surface area contributed by atoms with Crippen LogP contribution in [0.15, 0.2) is 0 Å². The Morgan fingerprint density at radius 1 is 0.762 bits per heavy atom. The van der Waals surface area contributed by atoms with Crippen molar-refractivity contribution in [2.45, 2.75) is 153 Å². The van der Waals surface area contributed by atoms with E-state index in [4.69, 9.17) is 4.74 Å². The number of hydrogen-bond acceptors (Lipinski definition) is 1. The van der Waals surface area contributed by atoms with E-state index in [1.54, 1.807) is 0 Å². The smallest absolute Gasteiger partial charge is 0.0571 e. The first-order chi connectivity index (χ1) is 19.6. The molecule has 0 aliphatic heterocycles. The quantitative estimate of drug-likeness (QED) is 0.303. The second kappa shape index (κ2) is 12.0. The maximum atomic E-state index is 5.70. The third kappa shape index (κ3) is 5.20. The van der Waals surface area contributed by atoms with Crippen LogP contribution in [0.4, 0.5) is 0 Å². The zero-order valence-corrected chi connectivity index (χ0v) is 30.6. The van der Waals surface area contributed by atoms with E-state index in [1.165, 1.54) is 64.2 Å². The van der Waals surface area contributed by atoms with E-state index >= 15 is 0 Å². The zero-order chi connectivity index (χ0) is 30.9. The molecule has 0 heterocycles. The predicted octanol–water partition coefficient (Wildman–Crippen LogP) is 11.8. The Bertz CT molecular complexity index is 914. The van der Waals surface area contributed by atoms with Gasteiger partial charge in [-0.15, -0.1) is 0 Å². The van der Waals surface area contributed by atoms with Gasteiger partial charge in [0.15, 0.2) is 0 Å². The van der Waals surface area contributed by atoms with Crippen molar-refractivity contribution in [2.75, 3.05) is 7.11 Å². The maximum absolute atomic E-state index is 5.70. The average molecular weight is 583 g/mol. The average Bonchev–Trinajstić information content (AvgIpc) is 2.90. The minimum absolute atomic E-state index is 0.440. The molecule has 14 atom stereocenters. The molecule has 0 bridgehead atoms. The number of rotatable bonds is 6. The minimum atomic E-state index is 0.440. The Kier molecular flexibility index (Phi) is 9.49. The molecule has 244 valence electrons. The molecule has 0 aromatic carbocycles. The topological polar surface area (TPSA) is 9.23 Å². The van der Waals surface area contributed by atoms with E-state index in [-0.39, 0.29) is 0 Å². The van der Waals surface area contributed by atoms with Crippen LogP contribution < -0.4 is 0 Å². The molecule has 5 fully saturated rings. The summed E-state index contributed by atoms with van der Waals surface area (Å²) < 4.78 is 5.70. The second-order valence-corrected chi connectivity index (χ2v) is 19.3. The Morgan fingerprint density at radius 3 is 1.98 bits per heavy atom. The normalized spacial score (nSPS) is 54.8. The maximum Gasteiger partial charge on any atom is 0.0571 e. The Balaban J connectivity index is 1.42. The van der Waals surface area contributed by atoms with E-state index in [0.717, 1.165) is 82.9 Å². The molecule has 42 heavy (non-hydrogen) atoms. The largest absolute Gasteiger partial charge is 0.381 e. The van der Waals surface area contributed by atoms with Crippen LogP contribution in [-0.2, 0) is 4.74 Å². The van der Waals surface area contributed by atoms with E-state index < -0.39 is 0 Å². The fourth-order valence-electron chi connectivity index (χ4n) is 15.2. The summed E-state index contributed by atoms with van der Waals surface area (Å²) >= 11 is 0. The molecule has 0 aromatic rings. The number of hydrogen-bond donors (Lipinski definition) is 0. The van der Waals surface area contributed by atoms with Gasteiger partial charge in [0.2, 0.25) is 0 Å². The first-order valence-corrected chi connectivity index (χ1v) is 19.1.